The Balaban J connectivity index is 2.74. The molecule has 0 unspecified atom stereocenters. The fourth-order valence-electron chi connectivity index (χ4n) is 2.18. The minimum atomic E-state index is -0.980. The normalized spacial score (nSPS) is 10.9. The molecule has 90 valence electrons. The third kappa shape index (κ3) is 1.93. The SMILES string of the molecule is CCCc1c(C(=O)O)oc2c(CC)cccc12. The van der Waals surface area contributed by atoms with Gasteiger partial charge < -0.3 is 9.52 Å². The van der Waals surface area contributed by atoms with Gasteiger partial charge in [0, 0.05) is 10.9 Å². The molecule has 2 aromatic rings. The minimum Gasteiger partial charge on any atom is -0.475 e. The first-order valence-electron chi connectivity index (χ1n) is 5.95. The van der Waals surface area contributed by atoms with E-state index in [0.29, 0.717) is 0 Å². The maximum atomic E-state index is 11.2. The summed E-state index contributed by atoms with van der Waals surface area (Å²) in [6.45, 7) is 4.07. The van der Waals surface area contributed by atoms with E-state index in [1.54, 1.807) is 0 Å². The number of fused-ring (bicyclic) bond motifs is 1. The standard InChI is InChI=1S/C14H16O3/c1-3-6-10-11-8-5-7-9(4-2)12(11)17-13(10)14(15)16/h5,7-8H,3-4,6H2,1-2H3,(H,15,16). The zero-order chi connectivity index (χ0) is 12.4. The summed E-state index contributed by atoms with van der Waals surface area (Å²) in [5.74, 6) is -0.880. The fraction of sp³-hybridized carbons (Fsp3) is 0.357. The van der Waals surface area contributed by atoms with E-state index in [-0.39, 0.29) is 5.76 Å². The van der Waals surface area contributed by atoms with Crippen LogP contribution in [0.25, 0.3) is 11.0 Å². The zero-order valence-corrected chi connectivity index (χ0v) is 10.1. The number of furan rings is 1. The van der Waals surface area contributed by atoms with Gasteiger partial charge in [-0.15, -0.1) is 0 Å². The topological polar surface area (TPSA) is 50.4 Å². The van der Waals surface area contributed by atoms with Gasteiger partial charge in [-0.2, -0.15) is 0 Å². The maximum Gasteiger partial charge on any atom is 0.372 e. The Kier molecular flexibility index (Phi) is 3.18. The number of hydrogen-bond donors (Lipinski definition) is 1. The largest absolute Gasteiger partial charge is 0.475 e. The molecule has 0 atom stereocenters. The van der Waals surface area contributed by atoms with Gasteiger partial charge in [-0.1, -0.05) is 38.5 Å². The van der Waals surface area contributed by atoms with E-state index in [0.717, 1.165) is 41.4 Å². The number of hydrogen-bond acceptors (Lipinski definition) is 2. The molecule has 0 aliphatic rings. The summed E-state index contributed by atoms with van der Waals surface area (Å²) < 4.78 is 5.54. The lowest BCUT2D eigenvalue weighted by atomic mass is 10.0. The Morgan fingerprint density at radius 1 is 1.35 bits per heavy atom. The van der Waals surface area contributed by atoms with Crippen LogP contribution in [-0.2, 0) is 12.8 Å². The van der Waals surface area contributed by atoms with Crippen LogP contribution >= 0.6 is 0 Å². The van der Waals surface area contributed by atoms with Gasteiger partial charge in [0.05, 0.1) is 0 Å². The zero-order valence-electron chi connectivity index (χ0n) is 10.1. The second-order valence-corrected chi connectivity index (χ2v) is 4.11. The summed E-state index contributed by atoms with van der Waals surface area (Å²) in [4.78, 5) is 11.2. The Hall–Kier alpha value is -1.77. The lowest BCUT2D eigenvalue weighted by Gasteiger charge is -1.98. The molecule has 17 heavy (non-hydrogen) atoms. The van der Waals surface area contributed by atoms with E-state index in [2.05, 4.69) is 0 Å². The van der Waals surface area contributed by atoms with Crippen molar-refractivity contribution >= 4 is 16.9 Å². The van der Waals surface area contributed by atoms with Crippen LogP contribution < -0.4 is 0 Å². The third-order valence-corrected chi connectivity index (χ3v) is 2.98. The molecule has 0 aliphatic carbocycles. The molecule has 2 rings (SSSR count). The van der Waals surface area contributed by atoms with Crippen molar-refractivity contribution in [2.75, 3.05) is 0 Å². The van der Waals surface area contributed by atoms with E-state index in [1.807, 2.05) is 32.0 Å². The second kappa shape index (κ2) is 4.62. The second-order valence-electron chi connectivity index (χ2n) is 4.11. The molecular weight excluding hydrogens is 216 g/mol. The van der Waals surface area contributed by atoms with Crippen LogP contribution in [0.3, 0.4) is 0 Å². The highest BCUT2D eigenvalue weighted by Crippen LogP contribution is 2.30. The van der Waals surface area contributed by atoms with Crippen molar-refractivity contribution in [1.29, 1.82) is 0 Å². The maximum absolute atomic E-state index is 11.2. The van der Waals surface area contributed by atoms with Crippen molar-refractivity contribution in [2.45, 2.75) is 33.1 Å². The van der Waals surface area contributed by atoms with Crippen LogP contribution in [0.1, 0.15) is 41.9 Å². The van der Waals surface area contributed by atoms with Gasteiger partial charge in [-0.3, -0.25) is 0 Å². The first kappa shape index (κ1) is 11.7. The number of carboxylic acid groups (broad SMARTS) is 1. The lowest BCUT2D eigenvalue weighted by molar-refractivity contribution is 0.0663. The molecule has 3 nitrogen and oxygen atoms in total. The van der Waals surface area contributed by atoms with Crippen molar-refractivity contribution < 1.29 is 14.3 Å². The molecule has 1 aromatic carbocycles. The summed E-state index contributed by atoms with van der Waals surface area (Å²) in [5, 5.41) is 10.1. The lowest BCUT2D eigenvalue weighted by Crippen LogP contribution is -1.98. The van der Waals surface area contributed by atoms with E-state index >= 15 is 0 Å². The molecule has 0 radical (unpaired) electrons. The molecule has 0 fully saturated rings. The van der Waals surface area contributed by atoms with Crippen LogP contribution in [-0.4, -0.2) is 11.1 Å². The van der Waals surface area contributed by atoms with Crippen LogP contribution in [0.4, 0.5) is 0 Å². The molecule has 1 aromatic heterocycles. The van der Waals surface area contributed by atoms with E-state index in [1.165, 1.54) is 0 Å². The quantitative estimate of drug-likeness (QED) is 0.875. The van der Waals surface area contributed by atoms with Crippen molar-refractivity contribution in [1.82, 2.24) is 0 Å². The predicted octanol–water partition coefficient (Wildman–Crippen LogP) is 3.65. The number of para-hydroxylation sites is 1. The van der Waals surface area contributed by atoms with Gasteiger partial charge in [0.1, 0.15) is 5.58 Å². The van der Waals surface area contributed by atoms with Gasteiger partial charge in [-0.05, 0) is 18.4 Å². The third-order valence-electron chi connectivity index (χ3n) is 2.98. The molecule has 0 spiro atoms. The average molecular weight is 232 g/mol. The minimum absolute atomic E-state index is 0.0998. The highest BCUT2D eigenvalue weighted by Gasteiger charge is 2.20. The number of carbonyl (C=O) groups is 1. The first-order valence-corrected chi connectivity index (χ1v) is 5.95. The van der Waals surface area contributed by atoms with Crippen molar-refractivity contribution in [3.63, 3.8) is 0 Å². The Morgan fingerprint density at radius 3 is 2.71 bits per heavy atom. The van der Waals surface area contributed by atoms with E-state index in [9.17, 15) is 4.79 Å². The molecule has 0 saturated carbocycles. The number of aromatic carboxylic acids is 1. The molecule has 0 aliphatic heterocycles. The summed E-state index contributed by atoms with van der Waals surface area (Å²) in [6, 6.07) is 5.88. The highest BCUT2D eigenvalue weighted by atomic mass is 16.4. The van der Waals surface area contributed by atoms with Crippen LogP contribution in [0.5, 0.6) is 0 Å². The monoisotopic (exact) mass is 232 g/mol. The van der Waals surface area contributed by atoms with E-state index < -0.39 is 5.97 Å². The Bertz CT molecular complexity index is 552. The summed E-state index contributed by atoms with van der Waals surface area (Å²) >= 11 is 0. The number of benzene rings is 1. The van der Waals surface area contributed by atoms with Crippen LogP contribution in [0, 0.1) is 0 Å². The average Bonchev–Trinajstić information content (AvgIpc) is 2.69. The van der Waals surface area contributed by atoms with Gasteiger partial charge >= 0.3 is 5.97 Å². The van der Waals surface area contributed by atoms with Crippen LogP contribution in [0.2, 0.25) is 0 Å². The summed E-state index contributed by atoms with van der Waals surface area (Å²) in [6.07, 6.45) is 2.49. The van der Waals surface area contributed by atoms with Gasteiger partial charge in [0.15, 0.2) is 0 Å². The fourth-order valence-corrected chi connectivity index (χ4v) is 2.18. The van der Waals surface area contributed by atoms with Gasteiger partial charge in [-0.25, -0.2) is 4.79 Å². The Morgan fingerprint density at radius 2 is 2.12 bits per heavy atom. The predicted molar refractivity (Wildman–Crippen MR) is 66.5 cm³/mol. The smallest absolute Gasteiger partial charge is 0.372 e. The van der Waals surface area contributed by atoms with Crippen molar-refractivity contribution in [3.8, 4) is 0 Å². The number of rotatable bonds is 4. The van der Waals surface area contributed by atoms with E-state index in [4.69, 9.17) is 9.52 Å². The van der Waals surface area contributed by atoms with Crippen molar-refractivity contribution in [2.24, 2.45) is 0 Å². The van der Waals surface area contributed by atoms with Crippen LogP contribution in [0.15, 0.2) is 22.6 Å². The summed E-state index contributed by atoms with van der Waals surface area (Å²) in [5.41, 5.74) is 2.62. The molecular formula is C14H16O3. The number of aryl methyl sites for hydroxylation is 2. The van der Waals surface area contributed by atoms with Crippen molar-refractivity contribution in [3.05, 3.63) is 35.1 Å². The van der Waals surface area contributed by atoms with Gasteiger partial charge in [0.25, 0.3) is 0 Å². The first-order chi connectivity index (χ1) is 8.19. The number of carboxylic acids is 1. The molecule has 1 heterocycles. The van der Waals surface area contributed by atoms with Gasteiger partial charge in [0.2, 0.25) is 5.76 Å². The Labute approximate surface area is 100 Å². The highest BCUT2D eigenvalue weighted by molar-refractivity contribution is 5.96. The molecule has 0 saturated heterocycles. The summed E-state index contributed by atoms with van der Waals surface area (Å²) in [7, 11) is 0. The molecule has 3 heteroatoms. The molecule has 0 bridgehead atoms. The molecule has 0 amide bonds. The molecule has 1 N–H and O–H groups in total.